The summed E-state index contributed by atoms with van der Waals surface area (Å²) in [4.78, 5) is 10.9. The van der Waals surface area contributed by atoms with E-state index in [1.807, 2.05) is 12.1 Å². The Hall–Kier alpha value is -5.62. The lowest BCUT2D eigenvalue weighted by atomic mass is 10.0. The molecule has 5 heterocycles. The molecular weight excluding hydrogens is 637 g/mol. The number of benzene rings is 4. The molecule has 2 aliphatic rings. The minimum Gasteiger partial charge on any atom is -0.508 e. The fourth-order valence-corrected chi connectivity index (χ4v) is 9.25. The van der Waals surface area contributed by atoms with Crippen LogP contribution in [0, 0.1) is 0 Å². The Morgan fingerprint density at radius 1 is 0.388 bits per heavy atom. The Balaban J connectivity index is 1.47. The van der Waals surface area contributed by atoms with Crippen LogP contribution in [-0.2, 0) is 12.8 Å². The molecule has 7 aromatic rings. The Kier molecular flexibility index (Phi) is 7.49. The maximum absolute atomic E-state index is 10.2. The summed E-state index contributed by atoms with van der Waals surface area (Å²) in [6, 6.07) is 48.4. The summed E-state index contributed by atoms with van der Waals surface area (Å²) in [5.74, 6) is 0.252. The molecule has 8 bridgehead atoms. The summed E-state index contributed by atoms with van der Waals surface area (Å²) in [5.41, 5.74) is 13.1. The van der Waals surface area contributed by atoms with Crippen LogP contribution in [0.25, 0.3) is 75.5 Å². The number of aromatic hydroxyl groups is 1. The van der Waals surface area contributed by atoms with Gasteiger partial charge in [-0.15, -0.1) is 22.7 Å². The van der Waals surface area contributed by atoms with Gasteiger partial charge < -0.3 is 5.11 Å². The molecule has 3 aromatic heterocycles. The molecule has 5 heteroatoms. The lowest BCUT2D eigenvalue weighted by Gasteiger charge is -2.06. The van der Waals surface area contributed by atoms with Gasteiger partial charge in [0.05, 0.1) is 22.8 Å². The Morgan fingerprint density at radius 3 is 1.18 bits per heavy atom. The number of hydrogen-bond donors (Lipinski definition) is 1. The van der Waals surface area contributed by atoms with E-state index in [0.717, 1.165) is 78.4 Å². The number of phenolic OH excluding ortho intramolecular Hbond substituents is 1. The number of phenols is 1. The molecule has 2 aliphatic heterocycles. The molecule has 0 fully saturated rings. The third kappa shape index (κ3) is 5.47. The number of nitrogens with zero attached hydrogens (tertiary/aromatic N) is 2. The smallest absolute Gasteiger partial charge is 0.115 e. The zero-order valence-corrected chi connectivity index (χ0v) is 28.1. The van der Waals surface area contributed by atoms with Gasteiger partial charge in [-0.05, 0) is 83.6 Å². The maximum Gasteiger partial charge on any atom is 0.115 e. The largest absolute Gasteiger partial charge is 0.508 e. The highest BCUT2D eigenvalue weighted by Gasteiger charge is 2.21. The zero-order chi connectivity index (χ0) is 32.7. The monoisotopic (exact) mass is 666 g/mol. The zero-order valence-electron chi connectivity index (χ0n) is 26.5. The molecule has 49 heavy (non-hydrogen) atoms. The summed E-state index contributed by atoms with van der Waals surface area (Å²) in [5, 5.41) is 10.2. The van der Waals surface area contributed by atoms with Crippen LogP contribution in [-0.4, -0.2) is 15.1 Å². The molecule has 3 nitrogen and oxygen atoms in total. The van der Waals surface area contributed by atoms with Crippen molar-refractivity contribution in [2.24, 2.45) is 0 Å². The Labute approximate surface area is 292 Å². The molecule has 0 unspecified atom stereocenters. The van der Waals surface area contributed by atoms with Crippen molar-refractivity contribution in [2.45, 2.75) is 12.8 Å². The van der Waals surface area contributed by atoms with Crippen molar-refractivity contribution < 1.29 is 5.11 Å². The topological polar surface area (TPSA) is 46.0 Å². The van der Waals surface area contributed by atoms with Gasteiger partial charge in [-0.2, -0.15) is 0 Å². The lowest BCUT2D eigenvalue weighted by molar-refractivity contribution is 0.475. The molecule has 0 radical (unpaired) electrons. The third-order valence-electron chi connectivity index (χ3n) is 9.14. The van der Waals surface area contributed by atoms with Gasteiger partial charge in [0, 0.05) is 41.1 Å². The predicted octanol–water partition coefficient (Wildman–Crippen LogP) is 12.1. The SMILES string of the molecule is Oc1ccc(-c2c3nc(c(-c4ccccc4)c4ccc(s4)c(-c4ccccc4)c4nc(c(-c5ccccc5)c5ccc2s5)C=C4)CC3)cc1. The highest BCUT2D eigenvalue weighted by molar-refractivity contribution is 7.24. The van der Waals surface area contributed by atoms with E-state index in [1.54, 1.807) is 34.8 Å². The molecular formula is C44H30N2OS2. The molecule has 0 saturated carbocycles. The molecule has 9 rings (SSSR count). The first-order valence-corrected chi connectivity index (χ1v) is 18.1. The van der Waals surface area contributed by atoms with Gasteiger partial charge in [-0.3, -0.25) is 4.98 Å². The number of rotatable bonds is 4. The van der Waals surface area contributed by atoms with Crippen LogP contribution >= 0.6 is 22.7 Å². The van der Waals surface area contributed by atoms with Gasteiger partial charge in [-0.25, -0.2) is 4.98 Å². The fourth-order valence-electron chi connectivity index (χ4n) is 6.90. The van der Waals surface area contributed by atoms with Crippen LogP contribution in [0.15, 0.2) is 140 Å². The third-order valence-corrected chi connectivity index (χ3v) is 11.4. The van der Waals surface area contributed by atoms with Gasteiger partial charge in [0.15, 0.2) is 0 Å². The van der Waals surface area contributed by atoms with E-state index in [1.165, 1.54) is 20.5 Å². The summed E-state index contributed by atoms with van der Waals surface area (Å²) in [7, 11) is 0. The average Bonchev–Trinajstić information content (AvgIpc) is 3.98. The van der Waals surface area contributed by atoms with Crippen molar-refractivity contribution in [3.8, 4) is 50.3 Å². The Morgan fingerprint density at radius 2 is 0.755 bits per heavy atom. The van der Waals surface area contributed by atoms with Gasteiger partial charge in [0.2, 0.25) is 0 Å². The standard InChI is InChI=1S/C44H30N2OS2/c47-32-18-16-31(17-19-32)44-36-23-22-35(46-36)43(30-14-8-3-9-15-30)38-25-24-37(48-38)41(28-10-4-1-5-11-28)33-20-21-34(45-33)42(29-12-6-2-7-13-29)39-26-27-40(44)49-39/h1-21,24-27,47H,22-23H2. The van der Waals surface area contributed by atoms with Crippen LogP contribution < -0.4 is 0 Å². The number of aromatic nitrogens is 2. The summed E-state index contributed by atoms with van der Waals surface area (Å²) in [6.45, 7) is 0. The predicted molar refractivity (Wildman–Crippen MR) is 208 cm³/mol. The van der Waals surface area contributed by atoms with Crippen molar-refractivity contribution in [1.82, 2.24) is 9.97 Å². The van der Waals surface area contributed by atoms with Crippen LogP contribution in [0.1, 0.15) is 22.8 Å². The molecule has 0 aliphatic carbocycles. The molecule has 234 valence electrons. The van der Waals surface area contributed by atoms with Crippen molar-refractivity contribution >= 4 is 53.6 Å². The molecule has 0 atom stereocenters. The van der Waals surface area contributed by atoms with Gasteiger partial charge in [0.25, 0.3) is 0 Å². The summed E-state index contributed by atoms with van der Waals surface area (Å²) >= 11 is 3.57. The second-order valence-electron chi connectivity index (χ2n) is 12.2. The number of hydrogen-bond acceptors (Lipinski definition) is 5. The van der Waals surface area contributed by atoms with Gasteiger partial charge in [-0.1, -0.05) is 103 Å². The Bertz CT molecular complexity index is 2530. The van der Waals surface area contributed by atoms with E-state index in [-0.39, 0.29) is 5.75 Å². The van der Waals surface area contributed by atoms with Gasteiger partial charge in [0.1, 0.15) is 5.75 Å². The van der Waals surface area contributed by atoms with Crippen molar-refractivity contribution in [3.05, 3.63) is 162 Å². The average molecular weight is 667 g/mol. The first kappa shape index (κ1) is 29.5. The van der Waals surface area contributed by atoms with Gasteiger partial charge >= 0.3 is 0 Å². The van der Waals surface area contributed by atoms with E-state index >= 15 is 0 Å². The van der Waals surface area contributed by atoms with E-state index in [0.29, 0.717) is 0 Å². The van der Waals surface area contributed by atoms with E-state index in [2.05, 4.69) is 127 Å². The molecule has 0 spiro atoms. The second kappa shape index (κ2) is 12.4. The number of aryl methyl sites for hydroxylation is 2. The highest BCUT2D eigenvalue weighted by atomic mass is 32.1. The molecule has 0 saturated heterocycles. The van der Waals surface area contributed by atoms with Crippen molar-refractivity contribution in [2.75, 3.05) is 0 Å². The first-order valence-electron chi connectivity index (χ1n) is 16.4. The summed E-state index contributed by atoms with van der Waals surface area (Å²) < 4.78 is 4.65. The van der Waals surface area contributed by atoms with E-state index in [4.69, 9.17) is 9.97 Å². The van der Waals surface area contributed by atoms with Crippen molar-refractivity contribution in [3.63, 3.8) is 0 Å². The highest BCUT2D eigenvalue weighted by Crippen LogP contribution is 2.42. The minimum absolute atomic E-state index is 0.252. The lowest BCUT2D eigenvalue weighted by Crippen LogP contribution is -1.86. The summed E-state index contributed by atoms with van der Waals surface area (Å²) in [6.07, 6.45) is 6.01. The maximum atomic E-state index is 10.2. The molecule has 0 amide bonds. The quantitative estimate of drug-likeness (QED) is 0.203. The van der Waals surface area contributed by atoms with Crippen LogP contribution in [0.2, 0.25) is 0 Å². The van der Waals surface area contributed by atoms with Crippen LogP contribution in [0.5, 0.6) is 5.75 Å². The minimum atomic E-state index is 0.252. The van der Waals surface area contributed by atoms with E-state index < -0.39 is 0 Å². The van der Waals surface area contributed by atoms with Crippen LogP contribution in [0.4, 0.5) is 0 Å². The molecule has 4 aromatic carbocycles. The van der Waals surface area contributed by atoms with Crippen LogP contribution in [0.3, 0.4) is 0 Å². The first-order chi connectivity index (χ1) is 24.2. The van der Waals surface area contributed by atoms with E-state index in [9.17, 15) is 5.11 Å². The number of thiophene rings is 2. The molecule has 1 N–H and O–H groups in total. The normalized spacial score (nSPS) is 12.3. The number of fused-ring (bicyclic) bond motifs is 8. The fraction of sp³-hybridized carbons (Fsp3) is 0.0455. The van der Waals surface area contributed by atoms with Crippen molar-refractivity contribution in [1.29, 1.82) is 0 Å². The second-order valence-corrected chi connectivity index (χ2v) is 14.4.